The number of nitrogens with one attached hydrogen (secondary N) is 2. The third-order valence-corrected chi connectivity index (χ3v) is 5.53. The van der Waals surface area contributed by atoms with Crippen LogP contribution in [0, 0.1) is 11.8 Å². The van der Waals surface area contributed by atoms with Crippen molar-refractivity contribution in [3.63, 3.8) is 0 Å². The Morgan fingerprint density at radius 2 is 2.03 bits per heavy atom. The monoisotopic (exact) mass is 403 g/mol. The van der Waals surface area contributed by atoms with Gasteiger partial charge >= 0.3 is 0 Å². The molecule has 1 amide bonds. The van der Waals surface area contributed by atoms with Gasteiger partial charge in [0.2, 0.25) is 11.8 Å². The van der Waals surface area contributed by atoms with Gasteiger partial charge in [0.15, 0.2) is 5.58 Å². The fraction of sp³-hybridized carbons (Fsp3) is 0.273. The van der Waals surface area contributed by atoms with E-state index in [4.69, 9.17) is 9.15 Å². The second-order valence-corrected chi connectivity index (χ2v) is 7.55. The van der Waals surface area contributed by atoms with Gasteiger partial charge in [0.1, 0.15) is 22.9 Å². The van der Waals surface area contributed by atoms with E-state index in [0.717, 1.165) is 22.8 Å². The van der Waals surface area contributed by atoms with Gasteiger partial charge < -0.3 is 19.8 Å². The molecule has 4 aromatic rings. The van der Waals surface area contributed by atoms with Crippen LogP contribution in [0.25, 0.3) is 33.3 Å². The Hall–Kier alpha value is -3.68. The van der Waals surface area contributed by atoms with E-state index in [1.54, 1.807) is 26.6 Å². The molecule has 30 heavy (non-hydrogen) atoms. The number of hydrogen-bond acceptors (Lipinski definition) is 7. The van der Waals surface area contributed by atoms with Crippen molar-refractivity contribution in [3.8, 4) is 17.2 Å². The van der Waals surface area contributed by atoms with Crippen LogP contribution in [0.4, 0.5) is 11.6 Å². The summed E-state index contributed by atoms with van der Waals surface area (Å²) in [6, 6.07) is 7.32. The average Bonchev–Trinajstić information content (AvgIpc) is 3.35. The number of methoxy groups -OCH3 is 1. The van der Waals surface area contributed by atoms with Gasteiger partial charge in [0.25, 0.3) is 0 Å². The molecule has 1 saturated carbocycles. The number of hydrogen-bond donors (Lipinski definition) is 2. The van der Waals surface area contributed by atoms with E-state index < -0.39 is 0 Å². The number of nitrogens with zero attached hydrogens (tertiary/aromatic N) is 3. The summed E-state index contributed by atoms with van der Waals surface area (Å²) in [4.78, 5) is 25.9. The Morgan fingerprint density at radius 3 is 2.77 bits per heavy atom. The van der Waals surface area contributed by atoms with Gasteiger partial charge in [-0.3, -0.25) is 4.79 Å². The number of carbonyl (C=O) groups is 1. The Kier molecular flexibility index (Phi) is 4.27. The van der Waals surface area contributed by atoms with Crippen molar-refractivity contribution in [2.24, 2.45) is 11.8 Å². The minimum atomic E-state index is 0.00718. The van der Waals surface area contributed by atoms with Crippen LogP contribution in [0.3, 0.4) is 0 Å². The highest BCUT2D eigenvalue weighted by Gasteiger charge is 2.39. The summed E-state index contributed by atoms with van der Waals surface area (Å²) in [5.74, 6) is 2.84. The molecule has 8 nitrogen and oxygen atoms in total. The quantitative estimate of drug-likeness (QED) is 0.517. The number of benzene rings is 1. The molecule has 0 aliphatic heterocycles. The Balaban J connectivity index is 1.61. The van der Waals surface area contributed by atoms with E-state index in [1.165, 1.54) is 0 Å². The number of rotatable bonds is 5. The van der Waals surface area contributed by atoms with Crippen LogP contribution in [0.2, 0.25) is 0 Å². The summed E-state index contributed by atoms with van der Waals surface area (Å²) in [7, 11) is 3.42. The molecule has 1 fully saturated rings. The van der Waals surface area contributed by atoms with Crippen molar-refractivity contribution in [2.45, 2.75) is 13.3 Å². The molecule has 3 aromatic heterocycles. The van der Waals surface area contributed by atoms with Crippen LogP contribution in [0.15, 0.2) is 41.1 Å². The van der Waals surface area contributed by atoms with Gasteiger partial charge in [-0.1, -0.05) is 6.92 Å². The number of amides is 1. The van der Waals surface area contributed by atoms with Crippen LogP contribution in [0.1, 0.15) is 13.3 Å². The van der Waals surface area contributed by atoms with Crippen molar-refractivity contribution in [1.82, 2.24) is 15.0 Å². The largest absolute Gasteiger partial charge is 0.497 e. The molecular formula is C22H21N5O3. The molecule has 1 aromatic carbocycles. The molecule has 0 bridgehead atoms. The molecule has 1 aliphatic carbocycles. The number of oxazole rings is 1. The van der Waals surface area contributed by atoms with Gasteiger partial charge in [0.05, 0.1) is 12.7 Å². The molecular weight excluding hydrogens is 382 g/mol. The number of anilines is 2. The lowest BCUT2D eigenvalue weighted by molar-refractivity contribution is -0.117. The summed E-state index contributed by atoms with van der Waals surface area (Å²) in [5, 5.41) is 7.65. The number of aromatic nitrogens is 3. The van der Waals surface area contributed by atoms with E-state index in [0.29, 0.717) is 40.3 Å². The van der Waals surface area contributed by atoms with Crippen LogP contribution >= 0.6 is 0 Å². The molecule has 2 N–H and O–H groups in total. The zero-order chi connectivity index (χ0) is 20.8. The highest BCUT2D eigenvalue weighted by atomic mass is 16.5. The maximum absolute atomic E-state index is 12.4. The smallest absolute Gasteiger partial charge is 0.229 e. The van der Waals surface area contributed by atoms with Crippen molar-refractivity contribution < 1.29 is 13.9 Å². The summed E-state index contributed by atoms with van der Waals surface area (Å²) in [5.41, 5.74) is 2.07. The fourth-order valence-electron chi connectivity index (χ4n) is 3.63. The molecule has 3 heterocycles. The molecule has 0 spiro atoms. The molecule has 152 valence electrons. The first kappa shape index (κ1) is 18.4. The lowest BCUT2D eigenvalue weighted by Crippen LogP contribution is -2.15. The SMILES string of the molecule is CNc1ncc(-c2nc3cc(OC)ccc3o2)c2cc(NC(=O)[C@H]3C[C@@H]3C)ncc12. The predicted octanol–water partition coefficient (Wildman–Crippen LogP) is 4.08. The van der Waals surface area contributed by atoms with Crippen LogP contribution < -0.4 is 15.4 Å². The second kappa shape index (κ2) is 6.98. The van der Waals surface area contributed by atoms with E-state index >= 15 is 0 Å². The highest BCUT2D eigenvalue weighted by molar-refractivity contribution is 6.03. The number of fused-ring (bicyclic) bond motifs is 2. The third-order valence-electron chi connectivity index (χ3n) is 5.53. The minimum absolute atomic E-state index is 0.00718. The van der Waals surface area contributed by atoms with Gasteiger partial charge in [-0.05, 0) is 30.5 Å². The van der Waals surface area contributed by atoms with Crippen molar-refractivity contribution in [3.05, 3.63) is 36.7 Å². The summed E-state index contributed by atoms with van der Waals surface area (Å²) >= 11 is 0. The van der Waals surface area contributed by atoms with Gasteiger partial charge in [-0.15, -0.1) is 0 Å². The van der Waals surface area contributed by atoms with E-state index in [1.807, 2.05) is 24.3 Å². The summed E-state index contributed by atoms with van der Waals surface area (Å²) in [6.07, 6.45) is 4.34. The first-order chi connectivity index (χ1) is 14.6. The molecule has 8 heteroatoms. The number of carbonyl (C=O) groups excluding carboxylic acids is 1. The van der Waals surface area contributed by atoms with Gasteiger partial charge in [0, 0.05) is 42.2 Å². The maximum Gasteiger partial charge on any atom is 0.229 e. The van der Waals surface area contributed by atoms with E-state index in [-0.39, 0.29) is 11.8 Å². The Labute approximate surface area is 172 Å². The maximum atomic E-state index is 12.4. The topological polar surface area (TPSA) is 102 Å². The fourth-order valence-corrected chi connectivity index (χ4v) is 3.63. The first-order valence-corrected chi connectivity index (χ1v) is 9.79. The third kappa shape index (κ3) is 3.10. The lowest BCUT2D eigenvalue weighted by atomic mass is 10.1. The van der Waals surface area contributed by atoms with Crippen LogP contribution in [0.5, 0.6) is 5.75 Å². The van der Waals surface area contributed by atoms with Crippen molar-refractivity contribution >= 4 is 39.4 Å². The van der Waals surface area contributed by atoms with Crippen molar-refractivity contribution in [1.29, 1.82) is 0 Å². The lowest BCUT2D eigenvalue weighted by Gasteiger charge is -2.10. The number of pyridine rings is 2. The highest BCUT2D eigenvalue weighted by Crippen LogP contribution is 2.39. The molecule has 5 rings (SSSR count). The normalized spacial score (nSPS) is 17.8. The molecule has 0 saturated heterocycles. The van der Waals surface area contributed by atoms with E-state index in [2.05, 4.69) is 32.5 Å². The van der Waals surface area contributed by atoms with E-state index in [9.17, 15) is 4.79 Å². The standard InChI is InChI=1S/C22H21N5O3/c1-11-6-13(11)21(28)27-19-8-14-15(9-24-19)20(23-2)25-10-16(14)22-26-17-7-12(29-3)4-5-18(17)30-22/h4-5,7-11,13H,6H2,1-3H3,(H,23,25)(H,24,27,28)/t11-,13-/m0/s1. The van der Waals surface area contributed by atoms with Crippen LogP contribution in [-0.4, -0.2) is 35.0 Å². The number of ether oxygens (including phenoxy) is 1. The zero-order valence-electron chi connectivity index (χ0n) is 16.9. The average molecular weight is 403 g/mol. The summed E-state index contributed by atoms with van der Waals surface area (Å²) in [6.45, 7) is 2.07. The van der Waals surface area contributed by atoms with Gasteiger partial charge in [-0.25, -0.2) is 15.0 Å². The van der Waals surface area contributed by atoms with Crippen molar-refractivity contribution in [2.75, 3.05) is 24.8 Å². The molecule has 0 unspecified atom stereocenters. The Bertz CT molecular complexity index is 1280. The first-order valence-electron chi connectivity index (χ1n) is 9.79. The Morgan fingerprint density at radius 1 is 1.20 bits per heavy atom. The minimum Gasteiger partial charge on any atom is -0.497 e. The molecule has 2 atom stereocenters. The molecule has 0 radical (unpaired) electrons. The second-order valence-electron chi connectivity index (χ2n) is 7.55. The van der Waals surface area contributed by atoms with Crippen LogP contribution in [-0.2, 0) is 4.79 Å². The predicted molar refractivity (Wildman–Crippen MR) is 115 cm³/mol. The zero-order valence-corrected chi connectivity index (χ0v) is 16.9. The van der Waals surface area contributed by atoms with Gasteiger partial charge in [-0.2, -0.15) is 0 Å². The molecule has 1 aliphatic rings. The summed E-state index contributed by atoms with van der Waals surface area (Å²) < 4.78 is 11.3.